The minimum absolute atomic E-state index is 0.0511. The van der Waals surface area contributed by atoms with Crippen molar-refractivity contribution in [2.45, 2.75) is 19.1 Å². The quantitative estimate of drug-likeness (QED) is 0.842. The molecule has 0 spiro atoms. The average Bonchev–Trinajstić information content (AvgIpc) is 2.58. The Morgan fingerprint density at radius 2 is 2.33 bits per heavy atom. The third kappa shape index (κ3) is 1.70. The summed E-state index contributed by atoms with van der Waals surface area (Å²) in [6.07, 6.45) is 0.979. The number of benzene rings is 1. The molecule has 0 amide bonds. The van der Waals surface area contributed by atoms with Crippen molar-refractivity contribution in [3.63, 3.8) is 0 Å². The van der Waals surface area contributed by atoms with Crippen molar-refractivity contribution >= 4 is 17.0 Å². The highest BCUT2D eigenvalue weighted by Crippen LogP contribution is 2.17. The highest BCUT2D eigenvalue weighted by Gasteiger charge is 2.21. The number of nitrogens with one attached hydrogen (secondary N) is 1. The second-order valence-electron chi connectivity index (χ2n) is 4.36. The second-order valence-corrected chi connectivity index (χ2v) is 4.36. The maximum Gasteiger partial charge on any atom is 0.335 e. The Kier molecular flexibility index (Phi) is 2.45. The van der Waals surface area contributed by atoms with Crippen LogP contribution in [0.1, 0.15) is 16.8 Å². The summed E-state index contributed by atoms with van der Waals surface area (Å²) in [6, 6.07) is 4.59. The summed E-state index contributed by atoms with van der Waals surface area (Å²) in [7, 11) is 0. The van der Waals surface area contributed by atoms with Gasteiger partial charge in [0.1, 0.15) is 0 Å². The van der Waals surface area contributed by atoms with E-state index >= 15 is 0 Å². The largest absolute Gasteiger partial charge is 0.478 e. The van der Waals surface area contributed by atoms with Crippen molar-refractivity contribution in [2.75, 3.05) is 6.61 Å². The van der Waals surface area contributed by atoms with Crippen LogP contribution in [0.25, 0.3) is 11.0 Å². The SMILES string of the molecule is O=C(O)c1ccc2[nH]c(=O)n(CC3CCO3)c2c1. The molecular weight excluding hydrogens is 236 g/mol. The molecule has 2 aromatic rings. The molecule has 1 aliphatic heterocycles. The van der Waals surface area contributed by atoms with Gasteiger partial charge in [-0.3, -0.25) is 4.57 Å². The molecule has 2 N–H and O–H groups in total. The van der Waals surface area contributed by atoms with E-state index < -0.39 is 5.97 Å². The maximum atomic E-state index is 11.8. The molecule has 1 atom stereocenters. The molecule has 1 aromatic heterocycles. The fourth-order valence-electron chi connectivity index (χ4n) is 2.10. The molecule has 1 aromatic carbocycles. The molecule has 1 aliphatic rings. The lowest BCUT2D eigenvalue weighted by atomic mass is 10.1. The fraction of sp³-hybridized carbons (Fsp3) is 0.333. The van der Waals surface area contributed by atoms with Crippen molar-refractivity contribution < 1.29 is 14.6 Å². The smallest absolute Gasteiger partial charge is 0.335 e. The highest BCUT2D eigenvalue weighted by molar-refractivity contribution is 5.92. The molecule has 0 bridgehead atoms. The van der Waals surface area contributed by atoms with Crippen LogP contribution < -0.4 is 5.69 Å². The molecule has 1 fully saturated rings. The Balaban J connectivity index is 2.09. The highest BCUT2D eigenvalue weighted by atomic mass is 16.5. The monoisotopic (exact) mass is 248 g/mol. The first kappa shape index (κ1) is 11.0. The van der Waals surface area contributed by atoms with E-state index in [1.807, 2.05) is 0 Å². The molecule has 0 aliphatic carbocycles. The average molecular weight is 248 g/mol. The Morgan fingerprint density at radius 1 is 1.56 bits per heavy atom. The lowest BCUT2D eigenvalue weighted by Gasteiger charge is -2.26. The zero-order valence-corrected chi connectivity index (χ0v) is 9.55. The zero-order chi connectivity index (χ0) is 12.7. The van der Waals surface area contributed by atoms with Crippen LogP contribution in [0, 0.1) is 0 Å². The summed E-state index contributed by atoms with van der Waals surface area (Å²) >= 11 is 0. The Morgan fingerprint density at radius 3 is 2.94 bits per heavy atom. The van der Waals surface area contributed by atoms with Gasteiger partial charge in [0.15, 0.2) is 0 Å². The topological polar surface area (TPSA) is 84.3 Å². The normalized spacial score (nSPS) is 18.8. The first-order valence-corrected chi connectivity index (χ1v) is 5.72. The van der Waals surface area contributed by atoms with Gasteiger partial charge in [0.2, 0.25) is 0 Å². The predicted octanol–water partition coefficient (Wildman–Crippen LogP) is 0.817. The molecule has 18 heavy (non-hydrogen) atoms. The molecule has 3 rings (SSSR count). The number of H-pyrrole nitrogens is 1. The van der Waals surface area contributed by atoms with E-state index in [1.54, 1.807) is 6.07 Å². The van der Waals surface area contributed by atoms with Gasteiger partial charge in [-0.1, -0.05) is 0 Å². The van der Waals surface area contributed by atoms with Crippen molar-refractivity contribution in [1.29, 1.82) is 0 Å². The van der Waals surface area contributed by atoms with E-state index in [-0.39, 0.29) is 17.4 Å². The number of carbonyl (C=O) groups is 1. The lowest BCUT2D eigenvalue weighted by Crippen LogP contribution is -2.34. The standard InChI is InChI=1S/C12H12N2O4/c15-11(16)7-1-2-9-10(5-7)14(12(17)13-9)6-8-3-4-18-8/h1-2,5,8H,3-4,6H2,(H,13,17)(H,15,16). The Hall–Kier alpha value is -2.08. The van der Waals surface area contributed by atoms with E-state index in [9.17, 15) is 9.59 Å². The number of carboxylic acids is 1. The number of carboxylic acid groups (broad SMARTS) is 1. The number of fused-ring (bicyclic) bond motifs is 1. The van der Waals surface area contributed by atoms with E-state index in [2.05, 4.69) is 4.98 Å². The molecule has 6 nitrogen and oxygen atoms in total. The van der Waals surface area contributed by atoms with Gasteiger partial charge >= 0.3 is 11.7 Å². The van der Waals surface area contributed by atoms with Gasteiger partial charge in [-0.25, -0.2) is 9.59 Å². The van der Waals surface area contributed by atoms with Gasteiger partial charge < -0.3 is 14.8 Å². The van der Waals surface area contributed by atoms with Crippen molar-refractivity contribution in [3.05, 3.63) is 34.2 Å². The van der Waals surface area contributed by atoms with Gasteiger partial charge in [-0.15, -0.1) is 0 Å². The van der Waals surface area contributed by atoms with Gasteiger partial charge in [0.05, 0.1) is 29.2 Å². The number of aromatic nitrogens is 2. The van der Waals surface area contributed by atoms with Gasteiger partial charge in [-0.05, 0) is 24.6 Å². The Bertz CT molecular complexity index is 666. The first-order valence-electron chi connectivity index (χ1n) is 5.72. The van der Waals surface area contributed by atoms with E-state index in [0.29, 0.717) is 17.6 Å². The molecule has 1 unspecified atom stereocenters. The number of ether oxygens (including phenoxy) is 1. The van der Waals surface area contributed by atoms with Crippen LogP contribution in [0.2, 0.25) is 0 Å². The minimum Gasteiger partial charge on any atom is -0.478 e. The van der Waals surface area contributed by atoms with Gasteiger partial charge in [-0.2, -0.15) is 0 Å². The third-order valence-electron chi connectivity index (χ3n) is 3.20. The molecule has 0 saturated carbocycles. The molecule has 0 radical (unpaired) electrons. The maximum absolute atomic E-state index is 11.8. The number of aromatic amines is 1. The van der Waals surface area contributed by atoms with Crippen molar-refractivity contribution in [2.24, 2.45) is 0 Å². The summed E-state index contributed by atoms with van der Waals surface area (Å²) in [4.78, 5) is 25.4. The number of imidazole rings is 1. The molecule has 2 heterocycles. The number of hydrogen-bond acceptors (Lipinski definition) is 3. The number of aromatic carboxylic acids is 1. The summed E-state index contributed by atoms with van der Waals surface area (Å²) in [6.45, 7) is 1.18. The van der Waals surface area contributed by atoms with Crippen LogP contribution >= 0.6 is 0 Å². The minimum atomic E-state index is -1.00. The number of hydrogen-bond donors (Lipinski definition) is 2. The number of rotatable bonds is 3. The van der Waals surface area contributed by atoms with Crippen LogP contribution in [0.5, 0.6) is 0 Å². The third-order valence-corrected chi connectivity index (χ3v) is 3.20. The van der Waals surface area contributed by atoms with Gasteiger partial charge in [0, 0.05) is 6.61 Å². The predicted molar refractivity (Wildman–Crippen MR) is 63.9 cm³/mol. The summed E-state index contributed by atoms with van der Waals surface area (Å²) in [5.74, 6) is -1.00. The van der Waals surface area contributed by atoms with E-state index in [1.165, 1.54) is 16.7 Å². The molecule has 94 valence electrons. The first-order chi connectivity index (χ1) is 8.65. The molecular formula is C12H12N2O4. The van der Waals surface area contributed by atoms with Crippen LogP contribution in [0.3, 0.4) is 0 Å². The van der Waals surface area contributed by atoms with Gasteiger partial charge in [0.25, 0.3) is 0 Å². The number of nitrogens with zero attached hydrogens (tertiary/aromatic N) is 1. The lowest BCUT2D eigenvalue weighted by molar-refractivity contribution is -0.0590. The summed E-state index contributed by atoms with van der Waals surface area (Å²) < 4.78 is 6.83. The molecule has 6 heteroatoms. The summed E-state index contributed by atoms with van der Waals surface area (Å²) in [5.41, 5.74) is 1.19. The van der Waals surface area contributed by atoms with Crippen molar-refractivity contribution in [3.8, 4) is 0 Å². The fourth-order valence-corrected chi connectivity index (χ4v) is 2.10. The van der Waals surface area contributed by atoms with Crippen LogP contribution in [0.15, 0.2) is 23.0 Å². The Labute approximate surface area is 102 Å². The second kappa shape index (κ2) is 3.99. The zero-order valence-electron chi connectivity index (χ0n) is 9.55. The van der Waals surface area contributed by atoms with Crippen LogP contribution in [0.4, 0.5) is 0 Å². The van der Waals surface area contributed by atoms with Crippen molar-refractivity contribution in [1.82, 2.24) is 9.55 Å². The van der Waals surface area contributed by atoms with E-state index in [0.717, 1.165) is 13.0 Å². The van der Waals surface area contributed by atoms with Crippen LogP contribution in [-0.2, 0) is 11.3 Å². The van der Waals surface area contributed by atoms with Crippen LogP contribution in [-0.4, -0.2) is 33.3 Å². The summed E-state index contributed by atoms with van der Waals surface area (Å²) in [5, 5.41) is 8.96. The van der Waals surface area contributed by atoms with E-state index in [4.69, 9.17) is 9.84 Å². The molecule has 1 saturated heterocycles.